The van der Waals surface area contributed by atoms with Crippen LogP contribution in [0.5, 0.6) is 5.75 Å². The molecule has 2 aliphatic rings. The van der Waals surface area contributed by atoms with Crippen molar-refractivity contribution in [2.45, 2.75) is 38.4 Å². The Hall–Kier alpha value is -1.32. The van der Waals surface area contributed by atoms with Gasteiger partial charge in [0.2, 0.25) is 0 Å². The van der Waals surface area contributed by atoms with Gasteiger partial charge in [-0.25, -0.2) is 0 Å². The quantitative estimate of drug-likeness (QED) is 0.774. The highest BCUT2D eigenvalue weighted by atomic mass is 16.5. The molecule has 2 saturated heterocycles. The van der Waals surface area contributed by atoms with Gasteiger partial charge in [-0.05, 0) is 32.4 Å². The molecular formula is C18H26N2O. The minimum absolute atomic E-state index is 0.572. The summed E-state index contributed by atoms with van der Waals surface area (Å²) in [5, 5.41) is 0. The Morgan fingerprint density at radius 3 is 3.05 bits per heavy atom. The summed E-state index contributed by atoms with van der Waals surface area (Å²) in [5.74, 6) is 0.999. The lowest BCUT2D eigenvalue weighted by Crippen LogP contribution is -2.54. The third-order valence-corrected chi connectivity index (χ3v) is 4.77. The van der Waals surface area contributed by atoms with Gasteiger partial charge in [-0.15, -0.1) is 0 Å². The number of para-hydroxylation sites is 1. The van der Waals surface area contributed by atoms with E-state index in [1.807, 2.05) is 6.07 Å². The van der Waals surface area contributed by atoms with Gasteiger partial charge < -0.3 is 4.74 Å². The lowest BCUT2D eigenvalue weighted by Gasteiger charge is -2.42. The first kappa shape index (κ1) is 14.6. The van der Waals surface area contributed by atoms with Gasteiger partial charge in [0, 0.05) is 37.3 Å². The summed E-state index contributed by atoms with van der Waals surface area (Å²) in [6.07, 6.45) is 4.53. The van der Waals surface area contributed by atoms with Crippen LogP contribution >= 0.6 is 0 Å². The van der Waals surface area contributed by atoms with Gasteiger partial charge >= 0.3 is 0 Å². The van der Waals surface area contributed by atoms with E-state index in [1.54, 1.807) is 6.08 Å². The summed E-state index contributed by atoms with van der Waals surface area (Å²) in [6.45, 7) is 11.3. The van der Waals surface area contributed by atoms with Crippen molar-refractivity contribution in [3.63, 3.8) is 0 Å². The largest absolute Gasteiger partial charge is 0.489 e. The lowest BCUT2D eigenvalue weighted by molar-refractivity contribution is 0.0534. The van der Waals surface area contributed by atoms with Crippen molar-refractivity contribution >= 4 is 0 Å². The first-order valence-corrected chi connectivity index (χ1v) is 8.07. The van der Waals surface area contributed by atoms with E-state index in [-0.39, 0.29) is 0 Å². The number of fused-ring (bicyclic) bond motifs is 1. The fraction of sp³-hybridized carbons (Fsp3) is 0.556. The Morgan fingerprint density at radius 1 is 1.33 bits per heavy atom. The van der Waals surface area contributed by atoms with Gasteiger partial charge in [0.05, 0.1) is 0 Å². The Morgan fingerprint density at radius 2 is 2.19 bits per heavy atom. The molecule has 0 spiro atoms. The number of nitrogens with zero attached hydrogens (tertiary/aromatic N) is 2. The molecule has 0 aromatic heterocycles. The van der Waals surface area contributed by atoms with Crippen molar-refractivity contribution in [3.05, 3.63) is 42.5 Å². The lowest BCUT2D eigenvalue weighted by atomic mass is 10.1. The van der Waals surface area contributed by atoms with Gasteiger partial charge in [-0.3, -0.25) is 9.80 Å². The molecule has 0 aliphatic carbocycles. The molecule has 0 radical (unpaired) electrons. The van der Waals surface area contributed by atoms with E-state index in [0.29, 0.717) is 12.6 Å². The average Bonchev–Trinajstić information content (AvgIpc) is 2.94. The molecule has 1 aromatic carbocycles. The number of hydrogen-bond acceptors (Lipinski definition) is 3. The molecule has 21 heavy (non-hydrogen) atoms. The zero-order chi connectivity index (χ0) is 14.7. The number of rotatable bonds is 5. The molecule has 0 N–H and O–H groups in total. The maximum absolute atomic E-state index is 5.79. The first-order chi connectivity index (χ1) is 10.3. The molecule has 2 heterocycles. The molecule has 1 aromatic rings. The van der Waals surface area contributed by atoms with Gasteiger partial charge in [-0.1, -0.05) is 30.9 Å². The van der Waals surface area contributed by atoms with Crippen LogP contribution in [-0.2, 0) is 6.54 Å². The fourth-order valence-corrected chi connectivity index (χ4v) is 3.61. The summed E-state index contributed by atoms with van der Waals surface area (Å²) in [7, 11) is 0. The van der Waals surface area contributed by atoms with Crippen molar-refractivity contribution in [1.29, 1.82) is 0 Å². The van der Waals surface area contributed by atoms with Crippen LogP contribution in [0.1, 0.15) is 25.3 Å². The zero-order valence-corrected chi connectivity index (χ0v) is 13.0. The molecule has 0 bridgehead atoms. The van der Waals surface area contributed by atoms with Gasteiger partial charge in [-0.2, -0.15) is 0 Å². The van der Waals surface area contributed by atoms with Crippen LogP contribution in [0, 0.1) is 0 Å². The molecule has 114 valence electrons. The van der Waals surface area contributed by atoms with Gasteiger partial charge in [0.15, 0.2) is 0 Å². The predicted molar refractivity (Wildman–Crippen MR) is 86.6 cm³/mol. The minimum atomic E-state index is 0.572. The van der Waals surface area contributed by atoms with E-state index in [1.165, 1.54) is 38.0 Å². The Balaban J connectivity index is 1.69. The van der Waals surface area contributed by atoms with Crippen LogP contribution in [0.25, 0.3) is 0 Å². The highest BCUT2D eigenvalue weighted by molar-refractivity contribution is 5.33. The molecule has 3 rings (SSSR count). The Labute approximate surface area is 128 Å². The minimum Gasteiger partial charge on any atom is -0.489 e. The SMILES string of the molecule is C=CCOc1ccccc1CN1C[C@@H]2CCCN2C[C@H]1C. The van der Waals surface area contributed by atoms with Crippen molar-refractivity contribution in [2.24, 2.45) is 0 Å². The van der Waals surface area contributed by atoms with Crippen LogP contribution in [0.15, 0.2) is 36.9 Å². The highest BCUT2D eigenvalue weighted by Gasteiger charge is 2.34. The number of hydrogen-bond donors (Lipinski definition) is 0. The van der Waals surface area contributed by atoms with Crippen LogP contribution in [0.2, 0.25) is 0 Å². The third-order valence-electron chi connectivity index (χ3n) is 4.77. The average molecular weight is 286 g/mol. The van der Waals surface area contributed by atoms with E-state index in [0.717, 1.165) is 18.3 Å². The molecule has 0 unspecified atom stereocenters. The van der Waals surface area contributed by atoms with Crippen molar-refractivity contribution in [2.75, 3.05) is 26.2 Å². The van der Waals surface area contributed by atoms with Crippen LogP contribution < -0.4 is 4.74 Å². The fourth-order valence-electron chi connectivity index (χ4n) is 3.61. The monoisotopic (exact) mass is 286 g/mol. The van der Waals surface area contributed by atoms with E-state index >= 15 is 0 Å². The maximum atomic E-state index is 5.79. The summed E-state index contributed by atoms with van der Waals surface area (Å²) in [5.41, 5.74) is 1.29. The van der Waals surface area contributed by atoms with Gasteiger partial charge in [0.25, 0.3) is 0 Å². The Bertz CT molecular complexity index is 488. The molecule has 2 aliphatic heterocycles. The predicted octanol–water partition coefficient (Wildman–Crippen LogP) is 2.92. The molecular weight excluding hydrogens is 260 g/mol. The molecule has 3 heteroatoms. The van der Waals surface area contributed by atoms with Crippen molar-refractivity contribution in [3.8, 4) is 5.75 Å². The van der Waals surface area contributed by atoms with E-state index in [9.17, 15) is 0 Å². The highest BCUT2D eigenvalue weighted by Crippen LogP contribution is 2.27. The standard InChI is InChI=1S/C18H26N2O/c1-3-11-21-18-9-5-4-7-16(18)13-20-14-17-8-6-10-19(17)12-15(20)2/h3-5,7,9,15,17H,1,6,8,10-14H2,2H3/t15-,17+/m1/s1. The summed E-state index contributed by atoms with van der Waals surface area (Å²) in [4.78, 5) is 5.28. The van der Waals surface area contributed by atoms with Crippen molar-refractivity contribution < 1.29 is 4.74 Å². The Kier molecular flexibility index (Phi) is 4.61. The van der Waals surface area contributed by atoms with E-state index in [4.69, 9.17) is 4.74 Å². The maximum Gasteiger partial charge on any atom is 0.124 e. The third kappa shape index (κ3) is 3.30. The van der Waals surface area contributed by atoms with Gasteiger partial charge in [0.1, 0.15) is 12.4 Å². The number of ether oxygens (including phenoxy) is 1. The summed E-state index contributed by atoms with van der Waals surface area (Å²) in [6, 6.07) is 9.78. The second-order valence-corrected chi connectivity index (χ2v) is 6.28. The molecule has 0 amide bonds. The van der Waals surface area contributed by atoms with Crippen LogP contribution in [0.4, 0.5) is 0 Å². The second kappa shape index (κ2) is 6.63. The van der Waals surface area contributed by atoms with E-state index < -0.39 is 0 Å². The summed E-state index contributed by atoms with van der Waals surface area (Å²) < 4.78 is 5.79. The molecule has 2 fully saturated rings. The van der Waals surface area contributed by atoms with Crippen LogP contribution in [-0.4, -0.2) is 48.1 Å². The molecule has 0 saturated carbocycles. The molecule has 2 atom stereocenters. The molecule has 3 nitrogen and oxygen atoms in total. The smallest absolute Gasteiger partial charge is 0.124 e. The van der Waals surface area contributed by atoms with Crippen LogP contribution in [0.3, 0.4) is 0 Å². The van der Waals surface area contributed by atoms with E-state index in [2.05, 4.69) is 41.5 Å². The first-order valence-electron chi connectivity index (χ1n) is 8.07. The topological polar surface area (TPSA) is 15.7 Å². The normalized spacial score (nSPS) is 26.5. The zero-order valence-electron chi connectivity index (χ0n) is 13.0. The summed E-state index contributed by atoms with van der Waals surface area (Å²) >= 11 is 0. The van der Waals surface area contributed by atoms with Crippen molar-refractivity contribution in [1.82, 2.24) is 9.80 Å². The number of piperazine rings is 1. The second-order valence-electron chi connectivity index (χ2n) is 6.28. The number of benzene rings is 1.